The van der Waals surface area contributed by atoms with E-state index in [1.165, 1.54) is 6.26 Å². The smallest absolute Gasteiger partial charge is 0.319 e. The SMILES string of the molecule is C[C@H](c1ccccc1)N1CC2(C(=O)OC(C)(C)C)COC=CC2C1=O. The van der Waals surface area contributed by atoms with Crippen molar-refractivity contribution in [3.05, 3.63) is 48.2 Å². The maximum absolute atomic E-state index is 13.0. The zero-order chi connectivity index (χ0) is 18.2. The molecule has 1 fully saturated rings. The van der Waals surface area contributed by atoms with Gasteiger partial charge in [-0.15, -0.1) is 0 Å². The van der Waals surface area contributed by atoms with Gasteiger partial charge >= 0.3 is 5.97 Å². The van der Waals surface area contributed by atoms with E-state index in [0.717, 1.165) is 5.56 Å². The molecule has 0 aliphatic carbocycles. The molecule has 25 heavy (non-hydrogen) atoms. The van der Waals surface area contributed by atoms with Gasteiger partial charge < -0.3 is 14.4 Å². The van der Waals surface area contributed by atoms with Crippen LogP contribution in [0.5, 0.6) is 0 Å². The third-order valence-electron chi connectivity index (χ3n) is 4.86. The molecule has 3 rings (SSSR count). The second kappa shape index (κ2) is 6.21. The number of hydrogen-bond donors (Lipinski definition) is 0. The number of rotatable bonds is 3. The number of ether oxygens (including phenoxy) is 2. The molecular formula is C20H25NO4. The molecule has 2 aliphatic rings. The molecule has 2 unspecified atom stereocenters. The number of fused-ring (bicyclic) bond motifs is 1. The zero-order valence-electron chi connectivity index (χ0n) is 15.2. The molecule has 3 atom stereocenters. The van der Waals surface area contributed by atoms with E-state index in [2.05, 4.69) is 0 Å². The lowest BCUT2D eigenvalue weighted by Gasteiger charge is -2.34. The summed E-state index contributed by atoms with van der Waals surface area (Å²) in [5, 5.41) is 0. The summed E-state index contributed by atoms with van der Waals surface area (Å²) in [6, 6.07) is 9.71. The molecule has 1 saturated heterocycles. The summed E-state index contributed by atoms with van der Waals surface area (Å²) >= 11 is 0. The average molecular weight is 343 g/mol. The minimum absolute atomic E-state index is 0.0539. The summed E-state index contributed by atoms with van der Waals surface area (Å²) in [5.41, 5.74) is -0.556. The zero-order valence-corrected chi connectivity index (χ0v) is 15.2. The fourth-order valence-corrected chi connectivity index (χ4v) is 3.50. The average Bonchev–Trinajstić information content (AvgIpc) is 2.88. The Balaban J connectivity index is 1.92. The van der Waals surface area contributed by atoms with Crippen LogP contribution in [0.2, 0.25) is 0 Å². The fourth-order valence-electron chi connectivity index (χ4n) is 3.50. The Morgan fingerprint density at radius 2 is 2.00 bits per heavy atom. The number of carbonyl (C=O) groups is 2. The van der Waals surface area contributed by atoms with Gasteiger partial charge in [0, 0.05) is 6.54 Å². The van der Waals surface area contributed by atoms with Crippen LogP contribution in [0.4, 0.5) is 0 Å². The van der Waals surface area contributed by atoms with Gasteiger partial charge in [0.25, 0.3) is 0 Å². The Labute approximate surface area is 148 Å². The summed E-state index contributed by atoms with van der Waals surface area (Å²) in [7, 11) is 0. The third kappa shape index (κ3) is 3.15. The van der Waals surface area contributed by atoms with E-state index < -0.39 is 16.9 Å². The highest BCUT2D eigenvalue weighted by Gasteiger charge is 2.60. The van der Waals surface area contributed by atoms with Crippen LogP contribution in [-0.2, 0) is 19.1 Å². The summed E-state index contributed by atoms with van der Waals surface area (Å²) in [6.45, 7) is 7.93. The molecule has 0 bridgehead atoms. The van der Waals surface area contributed by atoms with Crippen LogP contribution in [0, 0.1) is 11.3 Å². The van der Waals surface area contributed by atoms with Gasteiger partial charge in [0.05, 0.1) is 18.2 Å². The molecule has 5 nitrogen and oxygen atoms in total. The first-order valence-electron chi connectivity index (χ1n) is 8.62. The number of hydrogen-bond acceptors (Lipinski definition) is 4. The lowest BCUT2D eigenvalue weighted by Crippen LogP contribution is -2.47. The maximum atomic E-state index is 13.0. The first-order valence-corrected chi connectivity index (χ1v) is 8.62. The van der Waals surface area contributed by atoms with Crippen LogP contribution in [-0.4, -0.2) is 35.5 Å². The van der Waals surface area contributed by atoms with Crippen molar-refractivity contribution < 1.29 is 19.1 Å². The molecule has 5 heteroatoms. The van der Waals surface area contributed by atoms with Gasteiger partial charge in [-0.1, -0.05) is 30.3 Å². The van der Waals surface area contributed by atoms with Gasteiger partial charge in [-0.2, -0.15) is 0 Å². The van der Waals surface area contributed by atoms with Crippen molar-refractivity contribution in [1.29, 1.82) is 0 Å². The Bertz CT molecular complexity index is 691. The number of benzene rings is 1. The van der Waals surface area contributed by atoms with Gasteiger partial charge in [-0.05, 0) is 39.3 Å². The molecule has 1 aromatic carbocycles. The molecule has 0 aromatic heterocycles. The van der Waals surface area contributed by atoms with E-state index in [1.807, 2.05) is 58.0 Å². The number of nitrogens with zero attached hydrogens (tertiary/aromatic N) is 1. The summed E-state index contributed by atoms with van der Waals surface area (Å²) in [5.74, 6) is -0.963. The number of amides is 1. The van der Waals surface area contributed by atoms with Gasteiger partial charge in [0.1, 0.15) is 17.6 Å². The lowest BCUT2D eigenvalue weighted by atomic mass is 9.77. The highest BCUT2D eigenvalue weighted by molar-refractivity contribution is 5.94. The van der Waals surface area contributed by atoms with Crippen LogP contribution in [0.25, 0.3) is 0 Å². The second-order valence-electron chi connectivity index (χ2n) is 7.83. The molecule has 0 radical (unpaired) electrons. The largest absolute Gasteiger partial charge is 0.500 e. The number of carbonyl (C=O) groups excluding carboxylic acids is 2. The quantitative estimate of drug-likeness (QED) is 0.792. The first-order chi connectivity index (χ1) is 11.7. The molecule has 1 amide bonds. The minimum atomic E-state index is -0.984. The molecule has 0 N–H and O–H groups in total. The van der Waals surface area contributed by atoms with Gasteiger partial charge in [0.15, 0.2) is 0 Å². The Morgan fingerprint density at radius 3 is 2.64 bits per heavy atom. The first kappa shape index (κ1) is 17.5. The Hall–Kier alpha value is -2.30. The van der Waals surface area contributed by atoms with Crippen molar-refractivity contribution >= 4 is 11.9 Å². The van der Waals surface area contributed by atoms with Gasteiger partial charge in [0.2, 0.25) is 5.91 Å². The monoisotopic (exact) mass is 343 g/mol. The van der Waals surface area contributed by atoms with Crippen molar-refractivity contribution in [3.8, 4) is 0 Å². The van der Waals surface area contributed by atoms with Crippen molar-refractivity contribution in [3.63, 3.8) is 0 Å². The van der Waals surface area contributed by atoms with E-state index in [1.54, 1.807) is 11.0 Å². The van der Waals surface area contributed by atoms with Crippen molar-refractivity contribution in [1.82, 2.24) is 4.90 Å². The molecule has 134 valence electrons. The Kier molecular flexibility index (Phi) is 4.35. The molecule has 1 aromatic rings. The standard InChI is InChI=1S/C20H25NO4/c1-14(15-8-6-5-7-9-15)21-12-20(18(23)25-19(2,3)4)13-24-11-10-16(20)17(21)22/h5-11,14,16H,12-13H2,1-4H3/t14-,16?,20?/m1/s1. The van der Waals surface area contributed by atoms with Crippen LogP contribution in [0.15, 0.2) is 42.7 Å². The fraction of sp³-hybridized carbons (Fsp3) is 0.500. The predicted octanol–water partition coefficient (Wildman–Crippen LogP) is 3.08. The Morgan fingerprint density at radius 1 is 1.32 bits per heavy atom. The van der Waals surface area contributed by atoms with E-state index >= 15 is 0 Å². The summed E-state index contributed by atoms with van der Waals surface area (Å²) < 4.78 is 11.1. The molecular weight excluding hydrogens is 318 g/mol. The van der Waals surface area contributed by atoms with Crippen molar-refractivity contribution in [2.45, 2.75) is 39.3 Å². The summed E-state index contributed by atoms with van der Waals surface area (Å²) in [4.78, 5) is 27.8. The van der Waals surface area contributed by atoms with E-state index in [-0.39, 0.29) is 24.5 Å². The van der Waals surface area contributed by atoms with Crippen molar-refractivity contribution in [2.75, 3.05) is 13.2 Å². The van der Waals surface area contributed by atoms with Crippen LogP contribution >= 0.6 is 0 Å². The molecule has 0 spiro atoms. The normalized spacial score (nSPS) is 26.8. The third-order valence-corrected chi connectivity index (χ3v) is 4.86. The van der Waals surface area contributed by atoms with Crippen LogP contribution in [0.1, 0.15) is 39.3 Å². The van der Waals surface area contributed by atoms with Gasteiger partial charge in [-0.25, -0.2) is 0 Å². The predicted molar refractivity (Wildman–Crippen MR) is 93.4 cm³/mol. The summed E-state index contributed by atoms with van der Waals surface area (Å²) in [6.07, 6.45) is 3.20. The van der Waals surface area contributed by atoms with E-state index in [0.29, 0.717) is 6.54 Å². The van der Waals surface area contributed by atoms with E-state index in [4.69, 9.17) is 9.47 Å². The second-order valence-corrected chi connectivity index (χ2v) is 7.83. The number of esters is 1. The maximum Gasteiger partial charge on any atom is 0.319 e. The topological polar surface area (TPSA) is 55.8 Å². The molecule has 2 aliphatic heterocycles. The molecule has 0 saturated carbocycles. The highest BCUT2D eigenvalue weighted by Crippen LogP contribution is 2.45. The van der Waals surface area contributed by atoms with Crippen LogP contribution < -0.4 is 0 Å². The van der Waals surface area contributed by atoms with Gasteiger partial charge in [-0.3, -0.25) is 9.59 Å². The highest BCUT2D eigenvalue weighted by atomic mass is 16.6. The van der Waals surface area contributed by atoms with E-state index in [9.17, 15) is 9.59 Å². The van der Waals surface area contributed by atoms with Crippen LogP contribution in [0.3, 0.4) is 0 Å². The molecule has 2 heterocycles. The minimum Gasteiger partial charge on any atom is -0.500 e. The number of likely N-dealkylation sites (tertiary alicyclic amines) is 1. The van der Waals surface area contributed by atoms with Crippen molar-refractivity contribution in [2.24, 2.45) is 11.3 Å². The lowest BCUT2D eigenvalue weighted by molar-refractivity contribution is -0.173.